The van der Waals surface area contributed by atoms with Crippen LogP contribution in [0, 0.1) is 0 Å². The van der Waals surface area contributed by atoms with Crippen LogP contribution in [0.3, 0.4) is 0 Å². The minimum atomic E-state index is 0.442. The van der Waals surface area contributed by atoms with Gasteiger partial charge in [0.1, 0.15) is 0 Å². The Balaban J connectivity index is 3.40. The van der Waals surface area contributed by atoms with Gasteiger partial charge < -0.3 is 0 Å². The smallest absolute Gasteiger partial charge is 0.0617 e. The Bertz CT molecular complexity index is 71.7. The lowest BCUT2D eigenvalue weighted by Crippen LogP contribution is -2.33. The van der Waals surface area contributed by atoms with Crippen LogP contribution in [0.1, 0.15) is 33.6 Å². The monoisotopic (exact) mass is 143 g/mol. The van der Waals surface area contributed by atoms with E-state index in [2.05, 4.69) is 25.7 Å². The number of unbranched alkanes of at least 4 members (excludes halogenated alkanes) is 1. The van der Waals surface area contributed by atoms with Crippen LogP contribution in [0.4, 0.5) is 0 Å². The van der Waals surface area contributed by atoms with Crippen molar-refractivity contribution in [2.24, 2.45) is 0 Å². The molecule has 0 unspecified atom stereocenters. The van der Waals surface area contributed by atoms with E-state index in [0.717, 1.165) is 6.54 Å². The van der Waals surface area contributed by atoms with Crippen LogP contribution in [0.15, 0.2) is 0 Å². The molecule has 10 heavy (non-hydrogen) atoms. The molecule has 1 N–H and O–H groups in total. The van der Waals surface area contributed by atoms with E-state index in [9.17, 15) is 0 Å². The van der Waals surface area contributed by atoms with Crippen molar-refractivity contribution in [2.45, 2.75) is 39.7 Å². The molecule has 0 fully saturated rings. The van der Waals surface area contributed by atoms with Crippen molar-refractivity contribution in [3.63, 3.8) is 0 Å². The van der Waals surface area contributed by atoms with E-state index in [0.29, 0.717) is 12.7 Å². The van der Waals surface area contributed by atoms with Crippen molar-refractivity contribution in [1.29, 1.82) is 0 Å². The summed E-state index contributed by atoms with van der Waals surface area (Å²) in [4.78, 5) is 2.17. The van der Waals surface area contributed by atoms with Crippen molar-refractivity contribution in [1.82, 2.24) is 10.6 Å². The van der Waals surface area contributed by atoms with Gasteiger partial charge in [0.25, 0.3) is 0 Å². The van der Waals surface area contributed by atoms with Crippen LogP contribution in [-0.2, 0) is 0 Å². The van der Waals surface area contributed by atoms with Gasteiger partial charge in [0.2, 0.25) is 0 Å². The summed E-state index contributed by atoms with van der Waals surface area (Å²) in [5.74, 6) is 0. The van der Waals surface area contributed by atoms with Crippen molar-refractivity contribution < 1.29 is 0 Å². The zero-order valence-corrected chi connectivity index (χ0v) is 7.35. The molecule has 0 rings (SSSR count). The molecule has 0 bridgehead atoms. The van der Waals surface area contributed by atoms with Gasteiger partial charge in [-0.3, -0.25) is 4.90 Å². The summed E-state index contributed by atoms with van der Waals surface area (Å²) in [5.41, 5.74) is 7.19. The summed E-state index contributed by atoms with van der Waals surface area (Å²) >= 11 is 0. The van der Waals surface area contributed by atoms with Gasteiger partial charge in [-0.2, -0.15) is 0 Å². The highest BCUT2D eigenvalue weighted by Gasteiger charge is 2.04. The SMILES string of the molecule is CCCCN(C[NH])C(C)C. The van der Waals surface area contributed by atoms with E-state index >= 15 is 0 Å². The van der Waals surface area contributed by atoms with Crippen molar-refractivity contribution >= 4 is 0 Å². The second-order valence-corrected chi connectivity index (χ2v) is 2.92. The molecule has 0 atom stereocenters. The molecule has 61 valence electrons. The van der Waals surface area contributed by atoms with Gasteiger partial charge in [-0.25, -0.2) is 5.73 Å². The molecule has 2 nitrogen and oxygen atoms in total. The molecule has 1 radical (unpaired) electrons. The molecule has 0 aromatic heterocycles. The standard InChI is InChI=1S/C8H19N2/c1-4-5-6-10(7-9)8(2)3/h8-9H,4-7H2,1-3H3. The Hall–Kier alpha value is -0.0800. The Morgan fingerprint density at radius 1 is 1.40 bits per heavy atom. The maximum Gasteiger partial charge on any atom is 0.0617 e. The first kappa shape index (κ1) is 9.92. The average molecular weight is 143 g/mol. The van der Waals surface area contributed by atoms with Crippen molar-refractivity contribution in [3.8, 4) is 0 Å². The first-order chi connectivity index (χ1) is 4.72. The third kappa shape index (κ3) is 3.85. The Morgan fingerprint density at radius 3 is 2.30 bits per heavy atom. The predicted octanol–water partition coefficient (Wildman–Crippen LogP) is 1.74. The minimum absolute atomic E-state index is 0.442. The van der Waals surface area contributed by atoms with Crippen LogP contribution < -0.4 is 5.73 Å². The number of nitrogens with zero attached hydrogens (tertiary/aromatic N) is 1. The Morgan fingerprint density at radius 2 is 2.00 bits per heavy atom. The largest absolute Gasteiger partial charge is 0.287 e. The molecule has 0 aliphatic carbocycles. The van der Waals surface area contributed by atoms with Crippen molar-refractivity contribution in [3.05, 3.63) is 0 Å². The number of nitrogens with one attached hydrogen (secondary N) is 1. The van der Waals surface area contributed by atoms with Gasteiger partial charge in [-0.15, -0.1) is 0 Å². The number of hydrogen-bond donors (Lipinski definition) is 0. The van der Waals surface area contributed by atoms with E-state index < -0.39 is 0 Å². The normalized spacial score (nSPS) is 11.4. The Kier molecular flexibility index (Phi) is 5.64. The zero-order chi connectivity index (χ0) is 7.98. The highest BCUT2D eigenvalue weighted by molar-refractivity contribution is 4.58. The van der Waals surface area contributed by atoms with Crippen LogP contribution in [0.5, 0.6) is 0 Å². The quantitative estimate of drug-likeness (QED) is 0.576. The summed E-state index contributed by atoms with van der Waals surface area (Å²) in [6.45, 7) is 7.99. The second kappa shape index (κ2) is 5.69. The maximum absolute atomic E-state index is 7.19. The van der Waals surface area contributed by atoms with Gasteiger partial charge in [-0.1, -0.05) is 13.3 Å². The van der Waals surface area contributed by atoms with E-state index in [1.54, 1.807) is 0 Å². The maximum atomic E-state index is 7.19. The summed E-state index contributed by atoms with van der Waals surface area (Å²) in [7, 11) is 0. The van der Waals surface area contributed by atoms with Crippen LogP contribution >= 0.6 is 0 Å². The van der Waals surface area contributed by atoms with Gasteiger partial charge in [0, 0.05) is 6.04 Å². The number of rotatable bonds is 5. The Labute approximate surface area is 64.4 Å². The fourth-order valence-corrected chi connectivity index (χ4v) is 0.881. The third-order valence-electron chi connectivity index (χ3n) is 1.73. The topological polar surface area (TPSA) is 27.0 Å². The van der Waals surface area contributed by atoms with E-state index in [1.807, 2.05) is 0 Å². The molecular weight excluding hydrogens is 124 g/mol. The molecule has 0 aliphatic rings. The van der Waals surface area contributed by atoms with E-state index in [4.69, 9.17) is 5.73 Å². The van der Waals surface area contributed by atoms with E-state index in [-0.39, 0.29) is 0 Å². The molecule has 0 saturated heterocycles. The molecule has 0 aliphatic heterocycles. The molecular formula is C8H19N2. The molecule has 0 aromatic rings. The van der Waals surface area contributed by atoms with E-state index in [1.165, 1.54) is 12.8 Å². The van der Waals surface area contributed by atoms with Gasteiger partial charge >= 0.3 is 0 Å². The van der Waals surface area contributed by atoms with Crippen molar-refractivity contribution in [2.75, 3.05) is 13.2 Å². The molecule has 0 aromatic carbocycles. The summed E-state index contributed by atoms with van der Waals surface area (Å²) in [5, 5.41) is 0. The van der Waals surface area contributed by atoms with Gasteiger partial charge in [0.05, 0.1) is 6.67 Å². The van der Waals surface area contributed by atoms with Gasteiger partial charge in [-0.05, 0) is 26.8 Å². The lowest BCUT2D eigenvalue weighted by molar-refractivity contribution is 0.221. The van der Waals surface area contributed by atoms with Crippen LogP contribution in [-0.4, -0.2) is 24.2 Å². The molecule has 0 amide bonds. The van der Waals surface area contributed by atoms with Gasteiger partial charge in [0.15, 0.2) is 0 Å². The fraction of sp³-hybridized carbons (Fsp3) is 1.00. The van der Waals surface area contributed by atoms with Crippen LogP contribution in [0.25, 0.3) is 0 Å². The zero-order valence-electron chi connectivity index (χ0n) is 7.35. The first-order valence-electron chi connectivity index (χ1n) is 4.11. The number of hydrogen-bond acceptors (Lipinski definition) is 1. The first-order valence-corrected chi connectivity index (χ1v) is 4.11. The third-order valence-corrected chi connectivity index (χ3v) is 1.73. The molecule has 0 saturated carbocycles. The summed E-state index contributed by atoms with van der Waals surface area (Å²) < 4.78 is 0. The lowest BCUT2D eigenvalue weighted by Gasteiger charge is -2.23. The fourth-order valence-electron chi connectivity index (χ4n) is 0.881. The predicted molar refractivity (Wildman–Crippen MR) is 44.7 cm³/mol. The summed E-state index contributed by atoms with van der Waals surface area (Å²) in [6, 6.07) is 0.532. The molecule has 0 heterocycles. The second-order valence-electron chi connectivity index (χ2n) is 2.92. The minimum Gasteiger partial charge on any atom is -0.287 e. The average Bonchev–Trinajstić information content (AvgIpc) is 1.89. The lowest BCUT2D eigenvalue weighted by atomic mass is 10.3. The van der Waals surface area contributed by atoms with Crippen LogP contribution in [0.2, 0.25) is 0 Å². The highest BCUT2D eigenvalue weighted by Crippen LogP contribution is 1.98. The highest BCUT2D eigenvalue weighted by atomic mass is 15.2. The molecule has 0 spiro atoms. The molecule has 2 heteroatoms. The summed E-state index contributed by atoms with van der Waals surface area (Å²) in [6.07, 6.45) is 2.44.